The standard InChI is InChI=1S/C11H15N3/c1-2-3-4-8-14-9-13-11-10(14)6-5-7-12-11/h5-7,9H,2-4,8H2,1H3. The molecule has 0 spiro atoms. The van der Waals surface area contributed by atoms with Crippen LogP contribution in [0, 0.1) is 0 Å². The largest absolute Gasteiger partial charge is 0.329 e. The van der Waals surface area contributed by atoms with Gasteiger partial charge in [0.25, 0.3) is 0 Å². The molecule has 0 atom stereocenters. The summed E-state index contributed by atoms with van der Waals surface area (Å²) in [7, 11) is 0. The first-order chi connectivity index (χ1) is 6.92. The highest BCUT2D eigenvalue weighted by Gasteiger charge is 2.00. The molecule has 0 aliphatic rings. The maximum Gasteiger partial charge on any atom is 0.177 e. The van der Waals surface area contributed by atoms with Gasteiger partial charge in [-0.15, -0.1) is 0 Å². The van der Waals surface area contributed by atoms with Crippen LogP contribution in [0.15, 0.2) is 24.7 Å². The number of pyridine rings is 1. The topological polar surface area (TPSA) is 30.7 Å². The van der Waals surface area contributed by atoms with Gasteiger partial charge in [-0.3, -0.25) is 0 Å². The third-order valence-corrected chi connectivity index (χ3v) is 2.40. The average molecular weight is 189 g/mol. The minimum atomic E-state index is 0.851. The molecular weight excluding hydrogens is 174 g/mol. The predicted octanol–water partition coefficient (Wildman–Crippen LogP) is 2.62. The number of aromatic nitrogens is 3. The zero-order chi connectivity index (χ0) is 9.80. The summed E-state index contributed by atoms with van der Waals surface area (Å²) < 4.78 is 2.18. The van der Waals surface area contributed by atoms with Crippen LogP contribution in [-0.2, 0) is 6.54 Å². The van der Waals surface area contributed by atoms with Crippen molar-refractivity contribution >= 4 is 11.2 Å². The van der Waals surface area contributed by atoms with Crippen LogP contribution < -0.4 is 0 Å². The van der Waals surface area contributed by atoms with Crippen molar-refractivity contribution in [3.05, 3.63) is 24.7 Å². The Morgan fingerprint density at radius 3 is 3.07 bits per heavy atom. The maximum absolute atomic E-state index is 4.25. The van der Waals surface area contributed by atoms with Crippen LogP contribution in [-0.4, -0.2) is 14.5 Å². The lowest BCUT2D eigenvalue weighted by molar-refractivity contribution is 0.613. The minimum Gasteiger partial charge on any atom is -0.329 e. The monoisotopic (exact) mass is 189 g/mol. The summed E-state index contributed by atoms with van der Waals surface area (Å²) in [5, 5.41) is 0. The van der Waals surface area contributed by atoms with E-state index < -0.39 is 0 Å². The van der Waals surface area contributed by atoms with Crippen LogP contribution in [0.5, 0.6) is 0 Å². The summed E-state index contributed by atoms with van der Waals surface area (Å²) >= 11 is 0. The first kappa shape index (κ1) is 9.19. The molecule has 2 rings (SSSR count). The van der Waals surface area contributed by atoms with E-state index in [1.165, 1.54) is 19.3 Å². The second kappa shape index (κ2) is 4.22. The molecule has 0 saturated carbocycles. The van der Waals surface area contributed by atoms with Gasteiger partial charge in [-0.05, 0) is 18.6 Å². The zero-order valence-corrected chi connectivity index (χ0v) is 8.48. The van der Waals surface area contributed by atoms with Crippen LogP contribution in [0.4, 0.5) is 0 Å². The van der Waals surface area contributed by atoms with Crippen molar-refractivity contribution in [3.8, 4) is 0 Å². The molecule has 0 radical (unpaired) electrons. The van der Waals surface area contributed by atoms with E-state index in [4.69, 9.17) is 0 Å². The summed E-state index contributed by atoms with van der Waals surface area (Å²) in [6, 6.07) is 4.03. The Bertz CT molecular complexity index is 406. The predicted molar refractivity (Wildman–Crippen MR) is 57.1 cm³/mol. The Balaban J connectivity index is 2.17. The Labute approximate surface area is 83.8 Å². The van der Waals surface area contributed by atoms with E-state index in [1.54, 1.807) is 6.20 Å². The van der Waals surface area contributed by atoms with Gasteiger partial charge in [0.2, 0.25) is 0 Å². The van der Waals surface area contributed by atoms with Gasteiger partial charge in [0.15, 0.2) is 5.65 Å². The van der Waals surface area contributed by atoms with Gasteiger partial charge in [0, 0.05) is 12.7 Å². The molecule has 0 saturated heterocycles. The number of imidazole rings is 1. The van der Waals surface area contributed by atoms with Gasteiger partial charge in [-0.2, -0.15) is 0 Å². The van der Waals surface area contributed by atoms with Gasteiger partial charge < -0.3 is 4.57 Å². The van der Waals surface area contributed by atoms with Gasteiger partial charge >= 0.3 is 0 Å². The number of fused-ring (bicyclic) bond motifs is 1. The first-order valence-corrected chi connectivity index (χ1v) is 5.17. The van der Waals surface area contributed by atoms with E-state index in [9.17, 15) is 0 Å². The van der Waals surface area contributed by atoms with Crippen LogP contribution in [0.1, 0.15) is 26.2 Å². The van der Waals surface area contributed by atoms with Crippen molar-refractivity contribution in [1.29, 1.82) is 0 Å². The minimum absolute atomic E-state index is 0.851. The van der Waals surface area contributed by atoms with Crippen LogP contribution in [0.2, 0.25) is 0 Å². The van der Waals surface area contributed by atoms with E-state index in [0.717, 1.165) is 17.7 Å². The normalized spacial score (nSPS) is 10.9. The van der Waals surface area contributed by atoms with E-state index >= 15 is 0 Å². The number of nitrogens with zero attached hydrogens (tertiary/aromatic N) is 3. The smallest absolute Gasteiger partial charge is 0.177 e. The SMILES string of the molecule is CCCCCn1cnc2ncccc21. The molecule has 0 unspecified atom stereocenters. The molecule has 0 aromatic carbocycles. The van der Waals surface area contributed by atoms with Crippen molar-refractivity contribution in [2.45, 2.75) is 32.7 Å². The third kappa shape index (κ3) is 1.76. The maximum atomic E-state index is 4.25. The summed E-state index contributed by atoms with van der Waals surface area (Å²) in [4.78, 5) is 8.45. The van der Waals surface area contributed by atoms with E-state index in [-0.39, 0.29) is 0 Å². The van der Waals surface area contributed by atoms with Crippen molar-refractivity contribution in [3.63, 3.8) is 0 Å². The summed E-state index contributed by atoms with van der Waals surface area (Å²) in [6.07, 6.45) is 7.42. The molecule has 2 aromatic rings. The molecule has 0 N–H and O–H groups in total. The van der Waals surface area contributed by atoms with Crippen LogP contribution >= 0.6 is 0 Å². The van der Waals surface area contributed by atoms with Gasteiger partial charge in [0.05, 0.1) is 11.8 Å². The lowest BCUT2D eigenvalue weighted by Crippen LogP contribution is -1.95. The van der Waals surface area contributed by atoms with Crippen molar-refractivity contribution in [2.24, 2.45) is 0 Å². The highest BCUT2D eigenvalue weighted by Crippen LogP contribution is 2.10. The molecule has 0 aliphatic carbocycles. The lowest BCUT2D eigenvalue weighted by atomic mass is 10.2. The second-order valence-electron chi connectivity index (χ2n) is 3.49. The van der Waals surface area contributed by atoms with Crippen LogP contribution in [0.3, 0.4) is 0 Å². The molecule has 0 fully saturated rings. The fourth-order valence-corrected chi connectivity index (χ4v) is 1.61. The molecule has 74 valence electrons. The van der Waals surface area contributed by atoms with Crippen molar-refractivity contribution < 1.29 is 0 Å². The Kier molecular flexibility index (Phi) is 2.77. The Hall–Kier alpha value is -1.38. The van der Waals surface area contributed by atoms with Crippen LogP contribution in [0.25, 0.3) is 11.2 Å². The highest BCUT2D eigenvalue weighted by molar-refractivity contribution is 5.70. The second-order valence-corrected chi connectivity index (χ2v) is 3.49. The molecule has 2 heterocycles. The molecule has 14 heavy (non-hydrogen) atoms. The van der Waals surface area contributed by atoms with Crippen molar-refractivity contribution in [1.82, 2.24) is 14.5 Å². The molecular formula is C11H15N3. The Morgan fingerprint density at radius 1 is 1.29 bits per heavy atom. The number of hydrogen-bond donors (Lipinski definition) is 0. The fraction of sp³-hybridized carbons (Fsp3) is 0.455. The molecule has 0 aliphatic heterocycles. The van der Waals surface area contributed by atoms with Gasteiger partial charge in [-0.1, -0.05) is 19.8 Å². The Morgan fingerprint density at radius 2 is 2.21 bits per heavy atom. The number of unbranched alkanes of at least 4 members (excludes halogenated alkanes) is 2. The molecule has 3 heteroatoms. The molecule has 2 aromatic heterocycles. The molecule has 0 bridgehead atoms. The van der Waals surface area contributed by atoms with E-state index in [1.807, 2.05) is 12.4 Å². The van der Waals surface area contributed by atoms with Gasteiger partial charge in [0.1, 0.15) is 0 Å². The van der Waals surface area contributed by atoms with E-state index in [2.05, 4.69) is 27.5 Å². The highest BCUT2D eigenvalue weighted by atomic mass is 15.1. The number of hydrogen-bond acceptors (Lipinski definition) is 2. The fourth-order valence-electron chi connectivity index (χ4n) is 1.61. The van der Waals surface area contributed by atoms with Crippen molar-refractivity contribution in [2.75, 3.05) is 0 Å². The first-order valence-electron chi connectivity index (χ1n) is 5.17. The molecule has 3 nitrogen and oxygen atoms in total. The lowest BCUT2D eigenvalue weighted by Gasteiger charge is -2.02. The van der Waals surface area contributed by atoms with Gasteiger partial charge in [-0.25, -0.2) is 9.97 Å². The molecule has 0 amide bonds. The number of rotatable bonds is 4. The summed E-state index contributed by atoms with van der Waals surface area (Å²) in [5.41, 5.74) is 1.99. The summed E-state index contributed by atoms with van der Waals surface area (Å²) in [5.74, 6) is 0. The van der Waals surface area contributed by atoms with E-state index in [0.29, 0.717) is 0 Å². The third-order valence-electron chi connectivity index (χ3n) is 2.40. The summed E-state index contributed by atoms with van der Waals surface area (Å²) in [6.45, 7) is 3.27. The number of aryl methyl sites for hydroxylation is 1. The average Bonchev–Trinajstić information content (AvgIpc) is 2.63. The zero-order valence-electron chi connectivity index (χ0n) is 8.48. The quantitative estimate of drug-likeness (QED) is 0.692.